The lowest BCUT2D eigenvalue weighted by molar-refractivity contribution is 0.0740. The molecular weight excluding hydrogens is 304 g/mol. The summed E-state index contributed by atoms with van der Waals surface area (Å²) in [5, 5.41) is 0.616. The van der Waals surface area contributed by atoms with Crippen LogP contribution in [0.2, 0.25) is 5.02 Å². The van der Waals surface area contributed by atoms with Crippen LogP contribution in [-0.4, -0.2) is 29.9 Å². The zero-order valence-electron chi connectivity index (χ0n) is 9.33. The van der Waals surface area contributed by atoms with Crippen LogP contribution in [0.3, 0.4) is 0 Å². The second-order valence-corrected chi connectivity index (χ2v) is 5.45. The van der Waals surface area contributed by atoms with Gasteiger partial charge in [0.25, 0.3) is 5.91 Å². The van der Waals surface area contributed by atoms with Crippen LogP contribution in [0.4, 0.5) is 0 Å². The Hall–Kier alpha value is -0.580. The van der Waals surface area contributed by atoms with Gasteiger partial charge in [0, 0.05) is 28.6 Å². The predicted molar refractivity (Wildman–Crippen MR) is 72.3 cm³/mol. The van der Waals surface area contributed by atoms with Crippen LogP contribution >= 0.6 is 27.5 Å². The summed E-state index contributed by atoms with van der Waals surface area (Å²) in [6.45, 7) is 1.31. The number of halogens is 2. The molecule has 1 aliphatic heterocycles. The normalized spacial score (nSPS) is 19.7. The van der Waals surface area contributed by atoms with Gasteiger partial charge in [-0.15, -0.1) is 0 Å². The van der Waals surface area contributed by atoms with Crippen LogP contribution in [0.25, 0.3) is 0 Å². The molecule has 0 spiro atoms. The number of hydrogen-bond donors (Lipinski definition) is 1. The summed E-state index contributed by atoms with van der Waals surface area (Å²) in [6, 6.07) is 5.39. The van der Waals surface area contributed by atoms with Gasteiger partial charge >= 0.3 is 0 Å². The minimum absolute atomic E-state index is 0.0292. The molecule has 1 aliphatic rings. The van der Waals surface area contributed by atoms with E-state index >= 15 is 0 Å². The average molecular weight is 318 g/mol. The molecule has 0 aromatic heterocycles. The van der Waals surface area contributed by atoms with Crippen LogP contribution in [0, 0.1) is 0 Å². The number of carbonyl (C=O) groups excluding carboxylic acids is 1. The fourth-order valence-electron chi connectivity index (χ4n) is 2.17. The van der Waals surface area contributed by atoms with Crippen molar-refractivity contribution in [1.82, 2.24) is 4.90 Å². The Morgan fingerprint density at radius 3 is 3.00 bits per heavy atom. The van der Waals surface area contributed by atoms with Gasteiger partial charge in [0.05, 0.1) is 5.56 Å². The SMILES string of the molecule is NCC1CCCN1C(=O)c1ccc(Cl)cc1Br. The Labute approximate surface area is 114 Å². The standard InChI is InChI=1S/C12H14BrClN2O/c13-11-6-8(14)3-4-10(11)12(17)16-5-1-2-9(16)7-15/h3-4,6,9H,1-2,5,7,15H2. The van der Waals surface area contributed by atoms with E-state index in [1.165, 1.54) is 0 Å². The van der Waals surface area contributed by atoms with E-state index in [0.717, 1.165) is 23.9 Å². The Morgan fingerprint density at radius 2 is 2.35 bits per heavy atom. The lowest BCUT2D eigenvalue weighted by Gasteiger charge is -2.24. The molecule has 17 heavy (non-hydrogen) atoms. The largest absolute Gasteiger partial charge is 0.334 e. The van der Waals surface area contributed by atoms with E-state index in [0.29, 0.717) is 17.1 Å². The highest BCUT2D eigenvalue weighted by atomic mass is 79.9. The van der Waals surface area contributed by atoms with Gasteiger partial charge in [-0.05, 0) is 47.0 Å². The predicted octanol–water partition coefficient (Wildman–Crippen LogP) is 2.67. The molecule has 5 heteroatoms. The molecule has 0 aliphatic carbocycles. The first-order valence-corrected chi connectivity index (χ1v) is 6.76. The smallest absolute Gasteiger partial charge is 0.255 e. The van der Waals surface area contributed by atoms with Crippen LogP contribution in [0.5, 0.6) is 0 Å². The van der Waals surface area contributed by atoms with Gasteiger partial charge in [0.15, 0.2) is 0 Å². The molecule has 1 aromatic rings. The first-order valence-electron chi connectivity index (χ1n) is 5.59. The number of likely N-dealkylation sites (tertiary alicyclic amines) is 1. The topological polar surface area (TPSA) is 46.3 Å². The van der Waals surface area contributed by atoms with E-state index in [-0.39, 0.29) is 11.9 Å². The van der Waals surface area contributed by atoms with E-state index in [1.54, 1.807) is 18.2 Å². The Kier molecular flexibility index (Phi) is 4.07. The van der Waals surface area contributed by atoms with Crippen molar-refractivity contribution in [3.8, 4) is 0 Å². The maximum absolute atomic E-state index is 12.3. The minimum atomic E-state index is 0.0292. The molecule has 1 aromatic carbocycles. The van der Waals surface area contributed by atoms with Crippen LogP contribution < -0.4 is 5.73 Å². The second kappa shape index (κ2) is 5.38. The summed E-state index contributed by atoms with van der Waals surface area (Å²) in [6.07, 6.45) is 2.02. The van der Waals surface area contributed by atoms with E-state index in [4.69, 9.17) is 17.3 Å². The summed E-state index contributed by atoms with van der Waals surface area (Å²) in [5.41, 5.74) is 6.32. The number of nitrogens with zero attached hydrogens (tertiary/aromatic N) is 1. The van der Waals surface area contributed by atoms with E-state index in [1.807, 2.05) is 4.90 Å². The maximum atomic E-state index is 12.3. The van der Waals surface area contributed by atoms with Gasteiger partial charge in [-0.25, -0.2) is 0 Å². The van der Waals surface area contributed by atoms with Gasteiger partial charge in [-0.2, -0.15) is 0 Å². The van der Waals surface area contributed by atoms with Gasteiger partial charge in [0.2, 0.25) is 0 Å². The quantitative estimate of drug-likeness (QED) is 0.911. The first-order chi connectivity index (χ1) is 8.13. The molecule has 1 unspecified atom stereocenters. The molecule has 0 saturated carbocycles. The Balaban J connectivity index is 2.24. The van der Waals surface area contributed by atoms with Crippen molar-refractivity contribution < 1.29 is 4.79 Å². The van der Waals surface area contributed by atoms with Crippen molar-refractivity contribution in [3.05, 3.63) is 33.3 Å². The third-order valence-electron chi connectivity index (χ3n) is 3.07. The third kappa shape index (κ3) is 2.64. The van der Waals surface area contributed by atoms with Crippen molar-refractivity contribution in [2.75, 3.05) is 13.1 Å². The van der Waals surface area contributed by atoms with Crippen molar-refractivity contribution in [2.45, 2.75) is 18.9 Å². The Bertz CT molecular complexity index is 439. The van der Waals surface area contributed by atoms with Gasteiger partial charge in [-0.1, -0.05) is 11.6 Å². The molecule has 0 radical (unpaired) electrons. The molecule has 92 valence electrons. The summed E-state index contributed by atoms with van der Waals surface area (Å²) in [5.74, 6) is 0.0292. The summed E-state index contributed by atoms with van der Waals surface area (Å²) >= 11 is 9.24. The highest BCUT2D eigenvalue weighted by Crippen LogP contribution is 2.26. The van der Waals surface area contributed by atoms with Crippen molar-refractivity contribution in [2.24, 2.45) is 5.73 Å². The number of rotatable bonds is 2. The number of amides is 1. The Morgan fingerprint density at radius 1 is 1.59 bits per heavy atom. The zero-order valence-corrected chi connectivity index (χ0v) is 11.7. The zero-order chi connectivity index (χ0) is 12.4. The van der Waals surface area contributed by atoms with Gasteiger partial charge < -0.3 is 10.6 Å². The fraction of sp³-hybridized carbons (Fsp3) is 0.417. The molecule has 1 heterocycles. The minimum Gasteiger partial charge on any atom is -0.334 e. The molecule has 1 saturated heterocycles. The molecule has 1 atom stereocenters. The van der Waals surface area contributed by atoms with E-state index < -0.39 is 0 Å². The lowest BCUT2D eigenvalue weighted by Crippen LogP contribution is -2.40. The van der Waals surface area contributed by atoms with Crippen molar-refractivity contribution >= 4 is 33.4 Å². The molecule has 2 rings (SSSR count). The van der Waals surface area contributed by atoms with Gasteiger partial charge in [-0.3, -0.25) is 4.79 Å². The molecule has 0 bridgehead atoms. The fourth-order valence-corrected chi connectivity index (χ4v) is 3.02. The number of nitrogens with two attached hydrogens (primary N) is 1. The highest BCUT2D eigenvalue weighted by Gasteiger charge is 2.29. The monoisotopic (exact) mass is 316 g/mol. The van der Waals surface area contributed by atoms with Crippen molar-refractivity contribution in [1.29, 1.82) is 0 Å². The van der Waals surface area contributed by atoms with Crippen LogP contribution in [0.1, 0.15) is 23.2 Å². The summed E-state index contributed by atoms with van der Waals surface area (Å²) < 4.78 is 0.734. The number of benzene rings is 1. The first kappa shape index (κ1) is 12.9. The van der Waals surface area contributed by atoms with E-state index in [9.17, 15) is 4.79 Å². The third-order valence-corrected chi connectivity index (χ3v) is 3.96. The summed E-state index contributed by atoms with van der Waals surface area (Å²) in [7, 11) is 0. The second-order valence-electron chi connectivity index (χ2n) is 4.15. The van der Waals surface area contributed by atoms with Gasteiger partial charge in [0.1, 0.15) is 0 Å². The number of carbonyl (C=O) groups is 1. The van der Waals surface area contributed by atoms with Crippen molar-refractivity contribution in [3.63, 3.8) is 0 Å². The van der Waals surface area contributed by atoms with Crippen LogP contribution in [0.15, 0.2) is 22.7 Å². The summed E-state index contributed by atoms with van der Waals surface area (Å²) in [4.78, 5) is 14.2. The molecule has 2 N–H and O–H groups in total. The van der Waals surface area contributed by atoms with E-state index in [2.05, 4.69) is 15.9 Å². The molecule has 1 amide bonds. The van der Waals surface area contributed by atoms with Crippen LogP contribution in [-0.2, 0) is 0 Å². The lowest BCUT2D eigenvalue weighted by atomic mass is 10.1. The maximum Gasteiger partial charge on any atom is 0.255 e. The molecule has 3 nitrogen and oxygen atoms in total. The highest BCUT2D eigenvalue weighted by molar-refractivity contribution is 9.10. The molecular formula is C12H14BrClN2O. The average Bonchev–Trinajstić information content (AvgIpc) is 2.76. The number of hydrogen-bond acceptors (Lipinski definition) is 2. The molecule has 1 fully saturated rings.